The Balaban J connectivity index is 2.19. The second-order valence-corrected chi connectivity index (χ2v) is 3.05. The van der Waals surface area contributed by atoms with Crippen LogP contribution in [0.5, 0.6) is 5.75 Å². The van der Waals surface area contributed by atoms with Gasteiger partial charge in [-0.05, 0) is 12.1 Å². The molecule has 0 saturated heterocycles. The van der Waals surface area contributed by atoms with Crippen LogP contribution in [0.2, 0.25) is 0 Å². The summed E-state index contributed by atoms with van der Waals surface area (Å²) in [6, 6.07) is 8.69. The van der Waals surface area contributed by atoms with Crippen LogP contribution in [0.25, 0.3) is 0 Å². The topological polar surface area (TPSA) is 88.1 Å². The van der Waals surface area contributed by atoms with Crippen molar-refractivity contribution in [1.82, 2.24) is 15.4 Å². The largest absolute Gasteiger partial charge is 0.478 e. The molecule has 16 heavy (non-hydrogen) atoms. The molecule has 0 saturated carbocycles. The van der Waals surface area contributed by atoms with Crippen LogP contribution in [0.1, 0.15) is 11.8 Å². The first-order valence-electron chi connectivity index (χ1n) is 4.58. The Bertz CT molecular complexity index is 455. The highest BCUT2D eigenvalue weighted by molar-refractivity contribution is 5.74. The van der Waals surface area contributed by atoms with Gasteiger partial charge in [0.2, 0.25) is 6.10 Å². The molecule has 1 atom stereocenters. The van der Waals surface area contributed by atoms with Gasteiger partial charge in [-0.25, -0.2) is 4.79 Å². The van der Waals surface area contributed by atoms with Gasteiger partial charge >= 0.3 is 5.97 Å². The molecule has 0 amide bonds. The van der Waals surface area contributed by atoms with Crippen molar-refractivity contribution >= 4 is 5.97 Å². The van der Waals surface area contributed by atoms with Crippen LogP contribution >= 0.6 is 0 Å². The third-order valence-electron chi connectivity index (χ3n) is 1.93. The smallest absolute Gasteiger partial charge is 0.351 e. The van der Waals surface area contributed by atoms with E-state index in [1.807, 2.05) is 6.07 Å². The zero-order valence-corrected chi connectivity index (χ0v) is 8.20. The monoisotopic (exact) mass is 219 g/mol. The Hall–Kier alpha value is -2.37. The van der Waals surface area contributed by atoms with E-state index < -0.39 is 12.1 Å². The highest BCUT2D eigenvalue weighted by Gasteiger charge is 2.24. The van der Waals surface area contributed by atoms with Crippen molar-refractivity contribution in [1.29, 1.82) is 0 Å². The number of para-hydroxylation sites is 1. The Morgan fingerprint density at radius 1 is 1.38 bits per heavy atom. The van der Waals surface area contributed by atoms with Crippen molar-refractivity contribution in [2.45, 2.75) is 6.10 Å². The Morgan fingerprint density at radius 3 is 2.69 bits per heavy atom. The molecule has 0 aliphatic heterocycles. The van der Waals surface area contributed by atoms with E-state index in [1.165, 1.54) is 6.20 Å². The first kappa shape index (κ1) is 10.2. The first-order valence-corrected chi connectivity index (χ1v) is 4.58. The van der Waals surface area contributed by atoms with Crippen molar-refractivity contribution in [3.05, 3.63) is 42.2 Å². The van der Waals surface area contributed by atoms with Crippen LogP contribution in [0.4, 0.5) is 0 Å². The van der Waals surface area contributed by atoms with Gasteiger partial charge in [0.15, 0.2) is 0 Å². The zero-order valence-electron chi connectivity index (χ0n) is 8.20. The number of aromatic nitrogens is 3. The van der Waals surface area contributed by atoms with Crippen molar-refractivity contribution in [3.8, 4) is 5.75 Å². The summed E-state index contributed by atoms with van der Waals surface area (Å²) in [6.45, 7) is 0. The Kier molecular flexibility index (Phi) is 2.81. The maximum atomic E-state index is 11.0. The number of ether oxygens (including phenoxy) is 1. The zero-order chi connectivity index (χ0) is 11.4. The molecule has 2 aromatic rings. The van der Waals surface area contributed by atoms with E-state index in [4.69, 9.17) is 9.84 Å². The summed E-state index contributed by atoms with van der Waals surface area (Å²) in [6.07, 6.45) is 0.239. The molecule has 2 N–H and O–H groups in total. The molecular formula is C10H9N3O3. The van der Waals surface area contributed by atoms with Crippen LogP contribution in [-0.2, 0) is 4.79 Å². The van der Waals surface area contributed by atoms with E-state index in [2.05, 4.69) is 15.4 Å². The number of aromatic amines is 1. The lowest BCUT2D eigenvalue weighted by atomic mass is 10.2. The second kappa shape index (κ2) is 4.43. The minimum Gasteiger partial charge on any atom is -0.478 e. The predicted octanol–water partition coefficient (Wildman–Crippen LogP) is 1.01. The molecule has 0 bridgehead atoms. The molecule has 6 heteroatoms. The predicted molar refractivity (Wildman–Crippen MR) is 53.8 cm³/mol. The van der Waals surface area contributed by atoms with Gasteiger partial charge in [-0.1, -0.05) is 23.4 Å². The minimum absolute atomic E-state index is 0.233. The van der Waals surface area contributed by atoms with E-state index in [0.717, 1.165) is 0 Å². The fourth-order valence-electron chi connectivity index (χ4n) is 1.21. The molecule has 2 rings (SSSR count). The van der Waals surface area contributed by atoms with Crippen LogP contribution in [0, 0.1) is 0 Å². The standard InChI is InChI=1S/C10H9N3O3/c14-10(15)9(8-6-11-13-12-8)16-7-4-2-1-3-5-7/h1-6,9H,(H,14,15)(H,11,12,13). The third-order valence-corrected chi connectivity index (χ3v) is 1.93. The van der Waals surface area contributed by atoms with Gasteiger partial charge in [-0.2, -0.15) is 0 Å². The molecule has 0 fully saturated rings. The van der Waals surface area contributed by atoms with Gasteiger partial charge in [0.05, 0.1) is 0 Å². The van der Waals surface area contributed by atoms with Crippen molar-refractivity contribution in [2.75, 3.05) is 0 Å². The molecule has 1 heterocycles. The number of nitrogens with one attached hydrogen (secondary N) is 1. The van der Waals surface area contributed by atoms with E-state index in [9.17, 15) is 4.79 Å². The lowest BCUT2D eigenvalue weighted by Crippen LogP contribution is -2.18. The van der Waals surface area contributed by atoms with Crippen molar-refractivity contribution in [3.63, 3.8) is 0 Å². The van der Waals surface area contributed by atoms with Gasteiger partial charge in [-0.15, -0.1) is 5.10 Å². The number of benzene rings is 1. The molecule has 0 aliphatic carbocycles. The number of carboxylic acid groups (broad SMARTS) is 1. The van der Waals surface area contributed by atoms with E-state index >= 15 is 0 Å². The molecule has 1 unspecified atom stereocenters. The van der Waals surface area contributed by atoms with E-state index in [1.54, 1.807) is 24.3 Å². The average Bonchev–Trinajstić information content (AvgIpc) is 2.80. The number of rotatable bonds is 4. The number of hydrogen-bond acceptors (Lipinski definition) is 4. The maximum absolute atomic E-state index is 11.0. The van der Waals surface area contributed by atoms with E-state index in [0.29, 0.717) is 5.75 Å². The van der Waals surface area contributed by atoms with Gasteiger partial charge in [0.1, 0.15) is 11.4 Å². The lowest BCUT2D eigenvalue weighted by Gasteiger charge is -2.11. The summed E-state index contributed by atoms with van der Waals surface area (Å²) < 4.78 is 5.30. The van der Waals surface area contributed by atoms with Crippen molar-refractivity contribution in [2.24, 2.45) is 0 Å². The summed E-state index contributed by atoms with van der Waals surface area (Å²) >= 11 is 0. The summed E-state index contributed by atoms with van der Waals surface area (Å²) in [5.41, 5.74) is 0.233. The lowest BCUT2D eigenvalue weighted by molar-refractivity contribution is -0.145. The quantitative estimate of drug-likeness (QED) is 0.801. The van der Waals surface area contributed by atoms with Crippen LogP contribution in [0.3, 0.4) is 0 Å². The highest BCUT2D eigenvalue weighted by Crippen LogP contribution is 2.19. The third kappa shape index (κ3) is 2.17. The summed E-state index contributed by atoms with van der Waals surface area (Å²) in [4.78, 5) is 11.0. The Labute approximate surface area is 90.9 Å². The van der Waals surface area contributed by atoms with Crippen LogP contribution in [0.15, 0.2) is 36.5 Å². The van der Waals surface area contributed by atoms with Gasteiger partial charge < -0.3 is 9.84 Å². The summed E-state index contributed by atoms with van der Waals surface area (Å²) in [5.74, 6) is -0.643. The number of carbonyl (C=O) groups is 1. The molecule has 0 spiro atoms. The molecule has 0 aliphatic rings. The number of nitrogens with zero attached hydrogens (tertiary/aromatic N) is 2. The number of carboxylic acids is 1. The van der Waals surface area contributed by atoms with Crippen molar-refractivity contribution < 1.29 is 14.6 Å². The van der Waals surface area contributed by atoms with Crippen LogP contribution < -0.4 is 4.74 Å². The number of hydrogen-bond donors (Lipinski definition) is 2. The molecule has 0 radical (unpaired) electrons. The maximum Gasteiger partial charge on any atom is 0.351 e. The van der Waals surface area contributed by atoms with Gasteiger partial charge in [0, 0.05) is 6.20 Å². The summed E-state index contributed by atoms with van der Waals surface area (Å²) in [7, 11) is 0. The van der Waals surface area contributed by atoms with E-state index in [-0.39, 0.29) is 5.69 Å². The molecule has 82 valence electrons. The fourth-order valence-corrected chi connectivity index (χ4v) is 1.21. The first-order chi connectivity index (χ1) is 7.77. The average molecular weight is 219 g/mol. The second-order valence-electron chi connectivity index (χ2n) is 3.05. The number of H-pyrrole nitrogens is 1. The Morgan fingerprint density at radius 2 is 2.12 bits per heavy atom. The summed E-state index contributed by atoms with van der Waals surface area (Å²) in [5, 5.41) is 18.5. The SMILES string of the molecule is O=C(O)C(Oc1ccccc1)c1c[nH]nn1. The molecular weight excluding hydrogens is 210 g/mol. The number of aliphatic carboxylic acids is 1. The molecule has 6 nitrogen and oxygen atoms in total. The molecule has 1 aromatic heterocycles. The van der Waals surface area contributed by atoms with Gasteiger partial charge in [-0.3, -0.25) is 5.10 Å². The van der Waals surface area contributed by atoms with Gasteiger partial charge in [0.25, 0.3) is 0 Å². The minimum atomic E-state index is -1.15. The molecule has 1 aromatic carbocycles. The van der Waals surface area contributed by atoms with Crippen LogP contribution in [-0.4, -0.2) is 26.5 Å². The normalized spacial score (nSPS) is 12.0. The fraction of sp³-hybridized carbons (Fsp3) is 0.100. The highest BCUT2D eigenvalue weighted by atomic mass is 16.5.